The van der Waals surface area contributed by atoms with Crippen LogP contribution in [0.4, 0.5) is 0 Å². The molecule has 0 aromatic carbocycles. The largest absolute Gasteiger partial charge is 0.473 e. The Bertz CT molecular complexity index is 543. The SMILES string of the molecule is CCCCCCCCCCSC(COCCCCCC)Cn1ccnc1.O=C(O)C(=O)O. The van der Waals surface area contributed by atoms with Crippen molar-refractivity contribution in [2.24, 2.45) is 0 Å². The van der Waals surface area contributed by atoms with Crippen molar-refractivity contribution < 1.29 is 24.5 Å². The van der Waals surface area contributed by atoms with E-state index in [0.29, 0.717) is 5.25 Å². The fourth-order valence-corrected chi connectivity index (χ4v) is 4.29. The van der Waals surface area contributed by atoms with E-state index < -0.39 is 11.9 Å². The summed E-state index contributed by atoms with van der Waals surface area (Å²) in [6.45, 7) is 7.33. The number of carbonyl (C=O) groups is 2. The van der Waals surface area contributed by atoms with Gasteiger partial charge >= 0.3 is 11.9 Å². The average molecular weight is 473 g/mol. The van der Waals surface area contributed by atoms with Crippen LogP contribution in [-0.2, 0) is 20.9 Å². The van der Waals surface area contributed by atoms with Crippen LogP contribution in [0.25, 0.3) is 0 Å². The maximum atomic E-state index is 9.10. The van der Waals surface area contributed by atoms with Crippen LogP contribution in [0.15, 0.2) is 18.7 Å². The van der Waals surface area contributed by atoms with E-state index in [1.807, 2.05) is 12.5 Å². The van der Waals surface area contributed by atoms with Gasteiger partial charge in [-0.15, -0.1) is 0 Å². The summed E-state index contributed by atoms with van der Waals surface area (Å²) in [6, 6.07) is 0. The summed E-state index contributed by atoms with van der Waals surface area (Å²) < 4.78 is 8.16. The van der Waals surface area contributed by atoms with Crippen molar-refractivity contribution in [3.63, 3.8) is 0 Å². The highest BCUT2D eigenvalue weighted by Gasteiger charge is 2.10. The molecule has 0 saturated heterocycles. The molecular weight excluding hydrogens is 428 g/mol. The van der Waals surface area contributed by atoms with Gasteiger partial charge in [-0.25, -0.2) is 14.6 Å². The molecule has 0 radical (unpaired) electrons. The van der Waals surface area contributed by atoms with E-state index in [-0.39, 0.29) is 0 Å². The van der Waals surface area contributed by atoms with Crippen LogP contribution in [0, 0.1) is 0 Å². The van der Waals surface area contributed by atoms with Crippen molar-refractivity contribution in [2.45, 2.75) is 103 Å². The molecule has 1 unspecified atom stereocenters. The van der Waals surface area contributed by atoms with Gasteiger partial charge in [0.2, 0.25) is 0 Å². The predicted octanol–water partition coefficient (Wildman–Crippen LogP) is 5.88. The second kappa shape index (κ2) is 22.6. The van der Waals surface area contributed by atoms with Gasteiger partial charge in [0.25, 0.3) is 0 Å². The van der Waals surface area contributed by atoms with Gasteiger partial charge in [-0.1, -0.05) is 78.1 Å². The third-order valence-corrected chi connectivity index (χ3v) is 6.23. The van der Waals surface area contributed by atoms with Crippen LogP contribution in [0.2, 0.25) is 0 Å². The van der Waals surface area contributed by atoms with E-state index in [1.54, 1.807) is 0 Å². The molecule has 186 valence electrons. The molecule has 0 saturated carbocycles. The summed E-state index contributed by atoms with van der Waals surface area (Å²) in [5.74, 6) is -2.39. The topological polar surface area (TPSA) is 102 Å². The smallest absolute Gasteiger partial charge is 0.414 e. The van der Waals surface area contributed by atoms with Crippen LogP contribution in [-0.4, -0.2) is 55.9 Å². The number of rotatable bonds is 19. The lowest BCUT2D eigenvalue weighted by Gasteiger charge is -2.17. The van der Waals surface area contributed by atoms with Crippen molar-refractivity contribution in [3.05, 3.63) is 18.7 Å². The minimum atomic E-state index is -1.82. The Kier molecular flexibility index (Phi) is 21.6. The first-order valence-corrected chi connectivity index (χ1v) is 13.2. The molecule has 0 fully saturated rings. The number of ether oxygens (including phenoxy) is 1. The standard InChI is InChI=1S/C22H42N2OS.C2H2O4/c1-3-5-7-9-10-11-12-14-18-26-22(19-24-16-15-23-21-24)20-25-17-13-8-6-4-2;3-1(4)2(5)6/h15-16,21-22H,3-14,17-20H2,1-2H3;(H,3,4)(H,5,6). The molecule has 1 aromatic heterocycles. The zero-order valence-electron chi connectivity index (χ0n) is 20.0. The first-order chi connectivity index (χ1) is 15.5. The van der Waals surface area contributed by atoms with Crippen LogP contribution >= 0.6 is 11.8 Å². The molecule has 8 heteroatoms. The van der Waals surface area contributed by atoms with Gasteiger partial charge in [0.15, 0.2) is 0 Å². The first kappa shape index (κ1) is 30.5. The zero-order chi connectivity index (χ0) is 23.9. The number of aromatic nitrogens is 2. The number of aliphatic carboxylic acids is 2. The molecule has 0 aliphatic heterocycles. The van der Waals surface area contributed by atoms with Crippen molar-refractivity contribution in [3.8, 4) is 0 Å². The summed E-state index contributed by atoms with van der Waals surface area (Å²) in [4.78, 5) is 22.4. The van der Waals surface area contributed by atoms with E-state index in [0.717, 1.165) is 19.8 Å². The average Bonchev–Trinajstić information content (AvgIpc) is 3.28. The third kappa shape index (κ3) is 20.4. The van der Waals surface area contributed by atoms with Crippen molar-refractivity contribution in [2.75, 3.05) is 19.0 Å². The maximum absolute atomic E-state index is 9.10. The molecule has 1 rings (SSSR count). The Morgan fingerprint density at radius 2 is 1.47 bits per heavy atom. The number of imidazole rings is 1. The van der Waals surface area contributed by atoms with Gasteiger partial charge < -0.3 is 19.5 Å². The minimum Gasteiger partial charge on any atom is -0.473 e. The lowest BCUT2D eigenvalue weighted by molar-refractivity contribution is -0.159. The van der Waals surface area contributed by atoms with Crippen molar-refractivity contribution in [1.29, 1.82) is 0 Å². The summed E-state index contributed by atoms with van der Waals surface area (Å²) in [6.07, 6.45) is 22.1. The lowest BCUT2D eigenvalue weighted by Crippen LogP contribution is -2.19. The van der Waals surface area contributed by atoms with E-state index in [2.05, 4.69) is 41.4 Å². The number of hydrogen-bond donors (Lipinski definition) is 2. The molecule has 1 aromatic rings. The monoisotopic (exact) mass is 472 g/mol. The van der Waals surface area contributed by atoms with Gasteiger partial charge in [0.1, 0.15) is 0 Å². The van der Waals surface area contributed by atoms with Crippen molar-refractivity contribution in [1.82, 2.24) is 9.55 Å². The normalized spacial score (nSPS) is 11.6. The van der Waals surface area contributed by atoms with E-state index in [1.165, 1.54) is 82.8 Å². The van der Waals surface area contributed by atoms with Gasteiger partial charge in [0.05, 0.1) is 12.9 Å². The number of carboxylic acids is 2. The Morgan fingerprint density at radius 1 is 0.906 bits per heavy atom. The molecule has 1 atom stereocenters. The highest BCUT2D eigenvalue weighted by atomic mass is 32.2. The fraction of sp³-hybridized carbons (Fsp3) is 0.792. The molecule has 0 bridgehead atoms. The number of unbranched alkanes of at least 4 members (excludes halogenated alkanes) is 10. The van der Waals surface area contributed by atoms with E-state index in [4.69, 9.17) is 24.5 Å². The first-order valence-electron chi connectivity index (χ1n) is 12.1. The Morgan fingerprint density at radius 3 is 2.00 bits per heavy atom. The molecule has 1 heterocycles. The molecule has 0 aliphatic rings. The highest BCUT2D eigenvalue weighted by molar-refractivity contribution is 7.99. The predicted molar refractivity (Wildman–Crippen MR) is 131 cm³/mol. The third-order valence-electron chi connectivity index (χ3n) is 4.95. The minimum absolute atomic E-state index is 0.542. The van der Waals surface area contributed by atoms with Crippen LogP contribution < -0.4 is 0 Å². The van der Waals surface area contributed by atoms with E-state index in [9.17, 15) is 0 Å². The van der Waals surface area contributed by atoms with Crippen molar-refractivity contribution >= 4 is 23.7 Å². The van der Waals surface area contributed by atoms with Gasteiger partial charge in [-0.2, -0.15) is 11.8 Å². The molecule has 32 heavy (non-hydrogen) atoms. The number of nitrogens with zero attached hydrogens (tertiary/aromatic N) is 2. The van der Waals surface area contributed by atoms with Gasteiger partial charge in [-0.05, 0) is 18.6 Å². The molecule has 7 nitrogen and oxygen atoms in total. The van der Waals surface area contributed by atoms with Crippen LogP contribution in [0.5, 0.6) is 0 Å². The van der Waals surface area contributed by atoms with E-state index >= 15 is 0 Å². The van der Waals surface area contributed by atoms with Gasteiger partial charge in [-0.3, -0.25) is 0 Å². The van der Waals surface area contributed by atoms with Gasteiger partial charge in [0, 0.05) is 30.8 Å². The Labute approximate surface area is 198 Å². The summed E-state index contributed by atoms with van der Waals surface area (Å²) in [5, 5.41) is 15.3. The molecule has 0 amide bonds. The summed E-state index contributed by atoms with van der Waals surface area (Å²) in [7, 11) is 0. The Hall–Kier alpha value is -1.54. The Balaban J connectivity index is 0.00000140. The second-order valence-corrected chi connectivity index (χ2v) is 9.38. The number of hydrogen-bond acceptors (Lipinski definition) is 5. The molecular formula is C24H44N2O5S. The quantitative estimate of drug-likeness (QED) is 0.191. The molecule has 0 spiro atoms. The van der Waals surface area contributed by atoms with Crippen LogP contribution in [0.3, 0.4) is 0 Å². The summed E-state index contributed by atoms with van der Waals surface area (Å²) >= 11 is 2.09. The van der Waals surface area contributed by atoms with Crippen LogP contribution in [0.1, 0.15) is 90.9 Å². The maximum Gasteiger partial charge on any atom is 0.414 e. The number of thioether (sulfide) groups is 1. The number of carboxylic acid groups (broad SMARTS) is 2. The fourth-order valence-electron chi connectivity index (χ4n) is 3.12. The molecule has 0 aliphatic carbocycles. The second-order valence-electron chi connectivity index (χ2n) is 7.97. The summed E-state index contributed by atoms with van der Waals surface area (Å²) in [5.41, 5.74) is 0. The lowest BCUT2D eigenvalue weighted by atomic mass is 10.1. The zero-order valence-corrected chi connectivity index (χ0v) is 20.9. The highest BCUT2D eigenvalue weighted by Crippen LogP contribution is 2.18. The molecule has 2 N–H and O–H groups in total.